The predicted molar refractivity (Wildman–Crippen MR) is 88.6 cm³/mol. The molecule has 1 aromatic rings. The number of carboxylic acids is 1. The van der Waals surface area contributed by atoms with Gasteiger partial charge in [-0.15, -0.1) is 0 Å². The first-order chi connectivity index (χ1) is 9.78. The molecule has 1 aromatic carbocycles. The molecule has 0 radical (unpaired) electrons. The molecule has 5 nitrogen and oxygen atoms in total. The van der Waals surface area contributed by atoms with E-state index < -0.39 is 21.1 Å². The molecule has 0 aromatic heterocycles. The molecule has 0 heterocycles. The Balaban J connectivity index is 0.000000472. The summed E-state index contributed by atoms with van der Waals surface area (Å²) in [6, 6.07) is 6.09. The summed E-state index contributed by atoms with van der Waals surface area (Å²) in [5, 5.41) is 8.23. The van der Waals surface area contributed by atoms with Crippen molar-refractivity contribution in [3.05, 3.63) is 29.8 Å². The number of benzene rings is 1. The van der Waals surface area contributed by atoms with Gasteiger partial charge in [-0.1, -0.05) is 52.8 Å². The monoisotopic (exact) mass is 349 g/mol. The van der Waals surface area contributed by atoms with Crippen molar-refractivity contribution in [2.24, 2.45) is 11.7 Å². The second-order valence-electron chi connectivity index (χ2n) is 6.29. The lowest BCUT2D eigenvalue weighted by atomic mass is 9.87. The molecule has 0 aliphatic rings. The highest BCUT2D eigenvalue weighted by molar-refractivity contribution is 8.13. The summed E-state index contributed by atoms with van der Waals surface area (Å²) in [7, 11) is 1.70. The van der Waals surface area contributed by atoms with Crippen molar-refractivity contribution in [1.82, 2.24) is 0 Å². The van der Waals surface area contributed by atoms with Crippen molar-refractivity contribution in [3.8, 4) is 0 Å². The van der Waals surface area contributed by atoms with Crippen LogP contribution in [0, 0.1) is 5.92 Å². The van der Waals surface area contributed by atoms with E-state index in [9.17, 15) is 13.2 Å². The SMILES string of the molecule is CC(C)(C)c1ccccc1S(=O)(=O)Cl.CC(C)[C@H](N)C(=O)O. The summed E-state index contributed by atoms with van der Waals surface area (Å²) in [6.07, 6.45) is 0. The van der Waals surface area contributed by atoms with Crippen LogP contribution in [0.15, 0.2) is 29.2 Å². The highest BCUT2D eigenvalue weighted by Gasteiger charge is 2.23. The van der Waals surface area contributed by atoms with Crippen LogP contribution in [0.25, 0.3) is 0 Å². The number of halogens is 1. The van der Waals surface area contributed by atoms with Crippen LogP contribution in [-0.2, 0) is 19.3 Å². The standard InChI is InChI=1S/C10H13ClO2S.C5H11NO2/c1-10(2,3)8-6-4-5-7-9(8)14(11,12)13;1-3(2)4(6)5(7)8/h4-7H,1-3H3;3-4H,6H2,1-2H3,(H,7,8)/t;4-/m.0/s1. The number of hydrogen-bond acceptors (Lipinski definition) is 4. The first-order valence-electron chi connectivity index (χ1n) is 6.81. The van der Waals surface area contributed by atoms with Crippen molar-refractivity contribution in [2.75, 3.05) is 0 Å². The van der Waals surface area contributed by atoms with Gasteiger partial charge in [0.2, 0.25) is 0 Å². The van der Waals surface area contributed by atoms with Gasteiger partial charge in [0, 0.05) is 10.7 Å². The summed E-state index contributed by atoms with van der Waals surface area (Å²) >= 11 is 0. The zero-order valence-electron chi connectivity index (χ0n) is 13.5. The quantitative estimate of drug-likeness (QED) is 0.817. The second-order valence-corrected chi connectivity index (χ2v) is 8.83. The molecule has 0 saturated heterocycles. The first-order valence-corrected chi connectivity index (χ1v) is 9.12. The van der Waals surface area contributed by atoms with Gasteiger partial charge in [-0.25, -0.2) is 8.42 Å². The maximum Gasteiger partial charge on any atom is 0.320 e. The van der Waals surface area contributed by atoms with E-state index in [2.05, 4.69) is 0 Å². The third kappa shape index (κ3) is 6.77. The van der Waals surface area contributed by atoms with Gasteiger partial charge in [0.25, 0.3) is 9.05 Å². The topological polar surface area (TPSA) is 97.5 Å². The summed E-state index contributed by atoms with van der Waals surface area (Å²) in [5.74, 6) is -0.910. The fraction of sp³-hybridized carbons (Fsp3) is 0.533. The molecule has 7 heteroatoms. The van der Waals surface area contributed by atoms with Crippen LogP contribution in [0.3, 0.4) is 0 Å². The maximum atomic E-state index is 11.3. The van der Waals surface area contributed by atoms with E-state index >= 15 is 0 Å². The van der Waals surface area contributed by atoms with E-state index in [-0.39, 0.29) is 16.2 Å². The van der Waals surface area contributed by atoms with Crippen molar-refractivity contribution in [3.63, 3.8) is 0 Å². The Morgan fingerprint density at radius 2 is 1.68 bits per heavy atom. The zero-order chi connectivity index (χ0) is 17.7. The third-order valence-electron chi connectivity index (χ3n) is 2.96. The largest absolute Gasteiger partial charge is 0.480 e. The van der Waals surface area contributed by atoms with Crippen LogP contribution in [-0.4, -0.2) is 25.5 Å². The van der Waals surface area contributed by atoms with Crippen LogP contribution in [0.4, 0.5) is 0 Å². The number of carbonyl (C=O) groups is 1. The first kappa shape index (κ1) is 20.9. The zero-order valence-corrected chi connectivity index (χ0v) is 15.1. The Morgan fingerprint density at radius 1 is 1.23 bits per heavy atom. The molecule has 0 aliphatic carbocycles. The van der Waals surface area contributed by atoms with Gasteiger partial charge in [0.15, 0.2) is 0 Å². The van der Waals surface area contributed by atoms with Crippen LogP contribution in [0.5, 0.6) is 0 Å². The van der Waals surface area contributed by atoms with Gasteiger partial charge >= 0.3 is 5.97 Å². The van der Waals surface area contributed by atoms with Crippen molar-refractivity contribution >= 4 is 25.7 Å². The fourth-order valence-electron chi connectivity index (χ4n) is 1.58. The van der Waals surface area contributed by atoms with Crippen molar-refractivity contribution < 1.29 is 18.3 Å². The molecular formula is C15H24ClNO4S. The van der Waals surface area contributed by atoms with Gasteiger partial charge in [-0.05, 0) is 23.0 Å². The molecule has 22 heavy (non-hydrogen) atoms. The number of carboxylic acid groups (broad SMARTS) is 1. The van der Waals surface area contributed by atoms with Gasteiger partial charge in [-0.2, -0.15) is 0 Å². The lowest BCUT2D eigenvalue weighted by Gasteiger charge is -2.21. The molecule has 1 atom stereocenters. The summed E-state index contributed by atoms with van der Waals surface area (Å²) < 4.78 is 22.5. The minimum absolute atomic E-state index is 0.0208. The number of rotatable bonds is 3. The average molecular weight is 350 g/mol. The van der Waals surface area contributed by atoms with E-state index in [1.807, 2.05) is 26.8 Å². The Kier molecular flexibility index (Phi) is 7.54. The number of aliphatic carboxylic acids is 1. The summed E-state index contributed by atoms with van der Waals surface area (Å²) in [5.41, 5.74) is 5.68. The molecule has 0 saturated carbocycles. The maximum absolute atomic E-state index is 11.3. The normalized spacial score (nSPS) is 13.3. The fourth-order valence-corrected chi connectivity index (χ4v) is 2.87. The Bertz CT molecular complexity index is 606. The Morgan fingerprint density at radius 3 is 1.91 bits per heavy atom. The van der Waals surface area contributed by atoms with E-state index in [0.717, 1.165) is 5.56 Å². The molecule has 0 unspecified atom stereocenters. The molecule has 3 N–H and O–H groups in total. The van der Waals surface area contributed by atoms with E-state index in [4.69, 9.17) is 21.5 Å². The molecular weight excluding hydrogens is 326 g/mol. The highest BCUT2D eigenvalue weighted by Crippen LogP contribution is 2.30. The lowest BCUT2D eigenvalue weighted by molar-refractivity contribution is -0.139. The van der Waals surface area contributed by atoms with E-state index in [1.165, 1.54) is 6.07 Å². The van der Waals surface area contributed by atoms with Crippen LogP contribution >= 0.6 is 10.7 Å². The average Bonchev–Trinajstić information content (AvgIpc) is 2.36. The molecule has 1 rings (SSSR count). The van der Waals surface area contributed by atoms with Crippen molar-refractivity contribution in [1.29, 1.82) is 0 Å². The third-order valence-corrected chi connectivity index (χ3v) is 4.34. The minimum atomic E-state index is -3.64. The van der Waals surface area contributed by atoms with E-state index in [1.54, 1.807) is 26.0 Å². The van der Waals surface area contributed by atoms with Gasteiger partial charge in [0.05, 0.1) is 4.90 Å². The molecule has 0 amide bonds. The lowest BCUT2D eigenvalue weighted by Crippen LogP contribution is -2.34. The highest BCUT2D eigenvalue weighted by atomic mass is 35.7. The predicted octanol–water partition coefficient (Wildman–Crippen LogP) is 2.97. The second kappa shape index (κ2) is 7.94. The molecule has 126 valence electrons. The molecule has 0 bridgehead atoms. The summed E-state index contributed by atoms with van der Waals surface area (Å²) in [4.78, 5) is 10.2. The molecule has 0 aliphatic heterocycles. The van der Waals surface area contributed by atoms with Gasteiger partial charge in [-0.3, -0.25) is 4.79 Å². The smallest absolute Gasteiger partial charge is 0.320 e. The van der Waals surface area contributed by atoms with Crippen LogP contribution in [0.2, 0.25) is 0 Å². The van der Waals surface area contributed by atoms with Crippen LogP contribution < -0.4 is 5.73 Å². The number of hydrogen-bond donors (Lipinski definition) is 2. The van der Waals surface area contributed by atoms with Gasteiger partial charge in [0.1, 0.15) is 6.04 Å². The van der Waals surface area contributed by atoms with E-state index in [0.29, 0.717) is 0 Å². The van der Waals surface area contributed by atoms with Gasteiger partial charge < -0.3 is 10.8 Å². The summed E-state index contributed by atoms with van der Waals surface area (Å²) in [6.45, 7) is 9.41. The Labute approximate surface area is 136 Å². The Hall–Kier alpha value is -1.11. The number of nitrogens with two attached hydrogens (primary N) is 1. The molecule has 0 spiro atoms. The molecule has 0 fully saturated rings. The van der Waals surface area contributed by atoms with Crippen molar-refractivity contribution in [2.45, 2.75) is 51.0 Å². The minimum Gasteiger partial charge on any atom is -0.480 e. The van der Waals surface area contributed by atoms with Crippen LogP contribution in [0.1, 0.15) is 40.2 Å².